The quantitative estimate of drug-likeness (QED) is 0.927. The second-order valence-corrected chi connectivity index (χ2v) is 6.13. The van der Waals surface area contributed by atoms with Crippen LogP contribution in [0.3, 0.4) is 0 Å². The maximum Gasteiger partial charge on any atom is 0.325 e. The summed E-state index contributed by atoms with van der Waals surface area (Å²) < 4.78 is 13.0. The number of carbonyl (C=O) groups excluding carboxylic acids is 2. The summed E-state index contributed by atoms with van der Waals surface area (Å²) in [5, 5.41) is 2.86. The van der Waals surface area contributed by atoms with Crippen LogP contribution in [0.1, 0.15) is 11.1 Å². The van der Waals surface area contributed by atoms with E-state index in [2.05, 4.69) is 5.32 Å². The summed E-state index contributed by atoms with van der Waals surface area (Å²) in [5.41, 5.74) is 3.49. The van der Waals surface area contributed by atoms with Crippen LogP contribution in [-0.4, -0.2) is 36.5 Å². The van der Waals surface area contributed by atoms with E-state index in [0.717, 1.165) is 16.8 Å². The largest absolute Gasteiger partial charge is 0.325 e. The summed E-state index contributed by atoms with van der Waals surface area (Å²) in [7, 11) is 0. The highest BCUT2D eigenvalue weighted by molar-refractivity contribution is 5.99. The first kappa shape index (κ1) is 17.0. The summed E-state index contributed by atoms with van der Waals surface area (Å²) in [6, 6.07) is 11.2. The molecule has 0 aromatic heterocycles. The number of urea groups is 1. The second-order valence-electron chi connectivity index (χ2n) is 6.13. The molecule has 1 heterocycles. The van der Waals surface area contributed by atoms with Crippen molar-refractivity contribution in [2.75, 3.05) is 29.9 Å². The van der Waals surface area contributed by atoms with Crippen LogP contribution in [0.2, 0.25) is 0 Å². The van der Waals surface area contributed by atoms with Crippen molar-refractivity contribution in [1.29, 1.82) is 0 Å². The minimum atomic E-state index is -0.347. The Hall–Kier alpha value is -2.89. The smallest absolute Gasteiger partial charge is 0.324 e. The second kappa shape index (κ2) is 6.93. The molecule has 1 saturated heterocycles. The number of carbonyl (C=O) groups is 2. The molecular formula is C19H20FN3O2. The van der Waals surface area contributed by atoms with Crippen LogP contribution in [0.4, 0.5) is 20.6 Å². The molecular weight excluding hydrogens is 321 g/mol. The number of anilines is 2. The highest BCUT2D eigenvalue weighted by Gasteiger charge is 2.30. The van der Waals surface area contributed by atoms with Crippen molar-refractivity contribution in [3.63, 3.8) is 0 Å². The zero-order chi connectivity index (χ0) is 18.0. The first-order chi connectivity index (χ1) is 12.0. The van der Waals surface area contributed by atoms with E-state index in [0.29, 0.717) is 18.8 Å². The molecule has 3 rings (SSSR count). The Morgan fingerprint density at radius 1 is 1.12 bits per heavy atom. The van der Waals surface area contributed by atoms with Crippen LogP contribution in [0.15, 0.2) is 42.5 Å². The van der Waals surface area contributed by atoms with Crippen LogP contribution >= 0.6 is 0 Å². The van der Waals surface area contributed by atoms with E-state index in [4.69, 9.17) is 0 Å². The van der Waals surface area contributed by atoms with Gasteiger partial charge in [0, 0.05) is 24.5 Å². The highest BCUT2D eigenvalue weighted by Crippen LogP contribution is 2.21. The van der Waals surface area contributed by atoms with Crippen LogP contribution in [0.25, 0.3) is 0 Å². The molecule has 1 aliphatic heterocycles. The number of hydrogen-bond donors (Lipinski definition) is 1. The Labute approximate surface area is 146 Å². The molecule has 2 aromatic rings. The monoisotopic (exact) mass is 341 g/mol. The lowest BCUT2D eigenvalue weighted by Crippen LogP contribution is -2.37. The van der Waals surface area contributed by atoms with E-state index in [-0.39, 0.29) is 24.3 Å². The summed E-state index contributed by atoms with van der Waals surface area (Å²) >= 11 is 0. The van der Waals surface area contributed by atoms with Crippen molar-refractivity contribution in [3.05, 3.63) is 59.4 Å². The minimum Gasteiger partial charge on any atom is -0.324 e. The molecule has 0 unspecified atom stereocenters. The summed E-state index contributed by atoms with van der Waals surface area (Å²) in [6.07, 6.45) is 0. The molecule has 0 radical (unpaired) electrons. The number of nitrogens with zero attached hydrogens (tertiary/aromatic N) is 2. The molecule has 130 valence electrons. The van der Waals surface area contributed by atoms with Gasteiger partial charge in [-0.05, 0) is 55.3 Å². The zero-order valence-corrected chi connectivity index (χ0v) is 14.3. The van der Waals surface area contributed by atoms with Crippen LogP contribution in [0, 0.1) is 19.7 Å². The van der Waals surface area contributed by atoms with Gasteiger partial charge < -0.3 is 10.2 Å². The van der Waals surface area contributed by atoms with Crippen LogP contribution in [0.5, 0.6) is 0 Å². The van der Waals surface area contributed by atoms with Gasteiger partial charge in [-0.15, -0.1) is 0 Å². The van der Waals surface area contributed by atoms with E-state index in [1.165, 1.54) is 17.0 Å². The van der Waals surface area contributed by atoms with E-state index in [1.807, 2.05) is 32.0 Å². The summed E-state index contributed by atoms with van der Waals surface area (Å²) in [5.74, 6) is -0.580. The van der Waals surface area contributed by atoms with Gasteiger partial charge in [-0.1, -0.05) is 12.1 Å². The van der Waals surface area contributed by atoms with Crippen LogP contribution in [-0.2, 0) is 4.79 Å². The Morgan fingerprint density at radius 2 is 1.84 bits per heavy atom. The molecule has 0 aliphatic carbocycles. The average Bonchev–Trinajstić information content (AvgIpc) is 2.93. The van der Waals surface area contributed by atoms with Gasteiger partial charge in [0.15, 0.2) is 0 Å². The predicted molar refractivity (Wildman–Crippen MR) is 95.3 cm³/mol. The molecule has 0 saturated carbocycles. The standard InChI is InChI=1S/C19H20FN3O2/c1-13-4-3-5-17(14(13)2)21-18(24)12-22-10-11-23(19(22)25)16-8-6-15(20)7-9-16/h3-9H,10-12H2,1-2H3,(H,21,24). The number of aryl methyl sites for hydroxylation is 1. The third-order valence-corrected chi connectivity index (χ3v) is 4.45. The van der Waals surface area contributed by atoms with Crippen molar-refractivity contribution in [3.8, 4) is 0 Å². The molecule has 0 spiro atoms. The van der Waals surface area contributed by atoms with Crippen molar-refractivity contribution in [2.24, 2.45) is 0 Å². The number of nitrogens with one attached hydrogen (secondary N) is 1. The SMILES string of the molecule is Cc1cccc(NC(=O)CN2CCN(c3ccc(F)cc3)C2=O)c1C. The molecule has 5 nitrogen and oxygen atoms in total. The zero-order valence-electron chi connectivity index (χ0n) is 14.3. The van der Waals surface area contributed by atoms with Crippen LogP contribution < -0.4 is 10.2 Å². The number of hydrogen-bond acceptors (Lipinski definition) is 2. The van der Waals surface area contributed by atoms with E-state index < -0.39 is 0 Å². The topological polar surface area (TPSA) is 52.7 Å². The average molecular weight is 341 g/mol. The van der Waals surface area contributed by atoms with E-state index in [1.54, 1.807) is 17.0 Å². The van der Waals surface area contributed by atoms with Crippen molar-refractivity contribution in [2.45, 2.75) is 13.8 Å². The van der Waals surface area contributed by atoms with Gasteiger partial charge in [0.2, 0.25) is 5.91 Å². The molecule has 6 heteroatoms. The van der Waals surface area contributed by atoms with Gasteiger partial charge in [0.1, 0.15) is 12.4 Å². The molecule has 25 heavy (non-hydrogen) atoms. The number of rotatable bonds is 4. The molecule has 1 fully saturated rings. The lowest BCUT2D eigenvalue weighted by Gasteiger charge is -2.19. The number of benzene rings is 2. The minimum absolute atomic E-state index is 0.0100. The Morgan fingerprint density at radius 3 is 2.56 bits per heavy atom. The first-order valence-electron chi connectivity index (χ1n) is 8.14. The highest BCUT2D eigenvalue weighted by atomic mass is 19.1. The number of halogens is 1. The lowest BCUT2D eigenvalue weighted by molar-refractivity contribution is -0.116. The van der Waals surface area contributed by atoms with Crippen molar-refractivity contribution in [1.82, 2.24) is 4.90 Å². The van der Waals surface area contributed by atoms with Crippen molar-refractivity contribution < 1.29 is 14.0 Å². The molecule has 1 aliphatic rings. The predicted octanol–water partition coefficient (Wildman–Crippen LogP) is 3.32. The molecule has 3 amide bonds. The van der Waals surface area contributed by atoms with E-state index >= 15 is 0 Å². The fraction of sp³-hybridized carbons (Fsp3) is 0.263. The van der Waals surface area contributed by atoms with Gasteiger partial charge in [0.25, 0.3) is 0 Å². The van der Waals surface area contributed by atoms with Gasteiger partial charge in [-0.25, -0.2) is 9.18 Å². The van der Waals surface area contributed by atoms with Gasteiger partial charge in [0.05, 0.1) is 0 Å². The fourth-order valence-corrected chi connectivity index (χ4v) is 2.84. The first-order valence-corrected chi connectivity index (χ1v) is 8.14. The lowest BCUT2D eigenvalue weighted by atomic mass is 10.1. The molecule has 0 atom stereocenters. The summed E-state index contributed by atoms with van der Waals surface area (Å²) in [6.45, 7) is 4.85. The third kappa shape index (κ3) is 3.63. The maximum atomic E-state index is 13.0. The molecule has 2 aromatic carbocycles. The maximum absolute atomic E-state index is 13.0. The fourth-order valence-electron chi connectivity index (χ4n) is 2.84. The van der Waals surface area contributed by atoms with Crippen molar-refractivity contribution >= 4 is 23.3 Å². The Balaban J connectivity index is 1.63. The van der Waals surface area contributed by atoms with Gasteiger partial charge in [-0.2, -0.15) is 0 Å². The van der Waals surface area contributed by atoms with E-state index in [9.17, 15) is 14.0 Å². The third-order valence-electron chi connectivity index (χ3n) is 4.45. The Bertz CT molecular complexity index is 805. The normalized spacial score (nSPS) is 14.1. The summed E-state index contributed by atoms with van der Waals surface area (Å²) in [4.78, 5) is 27.8. The van der Waals surface area contributed by atoms with Gasteiger partial charge in [-0.3, -0.25) is 9.69 Å². The number of amides is 3. The Kier molecular flexibility index (Phi) is 4.70. The molecule has 0 bridgehead atoms. The van der Waals surface area contributed by atoms with Gasteiger partial charge >= 0.3 is 6.03 Å². The molecule has 1 N–H and O–H groups in total.